The maximum absolute atomic E-state index is 6.12. The maximum atomic E-state index is 6.12. The minimum Gasteiger partial charge on any atom is -0.493 e. The van der Waals surface area contributed by atoms with Crippen molar-refractivity contribution in [3.8, 4) is 22.9 Å². The van der Waals surface area contributed by atoms with Crippen LogP contribution in [0.15, 0.2) is 16.7 Å². The van der Waals surface area contributed by atoms with Crippen LogP contribution in [-0.2, 0) is 0 Å². The molecule has 0 aliphatic heterocycles. The van der Waals surface area contributed by atoms with Crippen molar-refractivity contribution >= 4 is 11.6 Å². The van der Waals surface area contributed by atoms with E-state index >= 15 is 0 Å². The van der Waals surface area contributed by atoms with Crippen molar-refractivity contribution < 1.29 is 14.0 Å². The van der Waals surface area contributed by atoms with Crippen LogP contribution < -0.4 is 15.2 Å². The molecule has 102 valence electrons. The first-order valence-electron chi connectivity index (χ1n) is 5.58. The maximum Gasteiger partial charge on any atom is 0.243 e. The van der Waals surface area contributed by atoms with Gasteiger partial charge in [0.2, 0.25) is 11.7 Å². The van der Waals surface area contributed by atoms with Gasteiger partial charge in [0.15, 0.2) is 11.5 Å². The third-order valence-corrected chi connectivity index (χ3v) is 2.80. The molecule has 1 heterocycles. The predicted octanol–water partition coefficient (Wildman–Crippen LogP) is 2.43. The molecule has 0 saturated carbocycles. The molecule has 0 bridgehead atoms. The summed E-state index contributed by atoms with van der Waals surface area (Å²) < 4.78 is 15.4. The van der Waals surface area contributed by atoms with Crippen molar-refractivity contribution in [2.24, 2.45) is 5.73 Å². The van der Waals surface area contributed by atoms with Gasteiger partial charge in [0.1, 0.15) is 0 Å². The number of nitrogens with zero attached hydrogens (tertiary/aromatic N) is 2. The summed E-state index contributed by atoms with van der Waals surface area (Å²) in [5, 5.41) is 4.27. The molecule has 1 aromatic heterocycles. The smallest absolute Gasteiger partial charge is 0.243 e. The number of nitrogens with two attached hydrogens (primary N) is 1. The van der Waals surface area contributed by atoms with Crippen LogP contribution in [0, 0.1) is 0 Å². The number of hydrogen-bond donors (Lipinski definition) is 1. The molecule has 6 nitrogen and oxygen atoms in total. The van der Waals surface area contributed by atoms with E-state index in [9.17, 15) is 0 Å². The standard InChI is InChI=1S/C12H14ClN3O3/c1-6(14)12-15-11(16-19-12)7-4-8(13)10(18-3)9(5-7)17-2/h4-6H,14H2,1-3H3/t6-/m1/s1. The lowest BCUT2D eigenvalue weighted by Gasteiger charge is -2.10. The fourth-order valence-electron chi connectivity index (χ4n) is 1.58. The van der Waals surface area contributed by atoms with E-state index in [-0.39, 0.29) is 6.04 Å². The Morgan fingerprint density at radius 3 is 2.58 bits per heavy atom. The molecule has 0 spiro atoms. The molecule has 0 fully saturated rings. The average Bonchev–Trinajstić information content (AvgIpc) is 2.87. The van der Waals surface area contributed by atoms with Gasteiger partial charge in [-0.2, -0.15) is 4.98 Å². The molecular weight excluding hydrogens is 270 g/mol. The fourth-order valence-corrected chi connectivity index (χ4v) is 1.87. The first-order chi connectivity index (χ1) is 9.06. The molecule has 2 rings (SSSR count). The van der Waals surface area contributed by atoms with E-state index in [0.29, 0.717) is 33.8 Å². The quantitative estimate of drug-likeness (QED) is 0.928. The number of ether oxygens (including phenoxy) is 2. The second kappa shape index (κ2) is 5.46. The minimum absolute atomic E-state index is 0.322. The van der Waals surface area contributed by atoms with E-state index in [1.54, 1.807) is 19.1 Å². The van der Waals surface area contributed by atoms with Crippen molar-refractivity contribution in [1.82, 2.24) is 10.1 Å². The molecule has 7 heteroatoms. The van der Waals surface area contributed by atoms with Crippen LogP contribution in [0.4, 0.5) is 0 Å². The van der Waals surface area contributed by atoms with Gasteiger partial charge in [0.25, 0.3) is 0 Å². The van der Waals surface area contributed by atoms with Crippen LogP contribution in [0.5, 0.6) is 11.5 Å². The highest BCUT2D eigenvalue weighted by atomic mass is 35.5. The molecule has 0 amide bonds. The molecule has 2 aromatic rings. The fraction of sp³-hybridized carbons (Fsp3) is 0.333. The van der Waals surface area contributed by atoms with Crippen molar-refractivity contribution in [1.29, 1.82) is 0 Å². The monoisotopic (exact) mass is 283 g/mol. The Balaban J connectivity index is 2.47. The van der Waals surface area contributed by atoms with Gasteiger partial charge in [-0.05, 0) is 19.1 Å². The van der Waals surface area contributed by atoms with E-state index in [4.69, 9.17) is 31.3 Å². The molecule has 1 atom stereocenters. The molecule has 0 radical (unpaired) electrons. The number of methoxy groups -OCH3 is 2. The normalized spacial score (nSPS) is 12.3. The van der Waals surface area contributed by atoms with E-state index in [0.717, 1.165) is 0 Å². The van der Waals surface area contributed by atoms with Crippen LogP contribution in [0.25, 0.3) is 11.4 Å². The Morgan fingerprint density at radius 2 is 2.05 bits per heavy atom. The van der Waals surface area contributed by atoms with Crippen LogP contribution in [0.1, 0.15) is 18.9 Å². The zero-order valence-corrected chi connectivity index (χ0v) is 11.6. The second-order valence-electron chi connectivity index (χ2n) is 3.94. The van der Waals surface area contributed by atoms with Crippen LogP contribution in [0.3, 0.4) is 0 Å². The van der Waals surface area contributed by atoms with Gasteiger partial charge in [-0.15, -0.1) is 0 Å². The molecule has 19 heavy (non-hydrogen) atoms. The molecule has 1 aromatic carbocycles. The highest BCUT2D eigenvalue weighted by Gasteiger charge is 2.16. The van der Waals surface area contributed by atoms with E-state index in [2.05, 4.69) is 10.1 Å². The SMILES string of the molecule is COc1cc(-c2noc([C@@H](C)N)n2)cc(Cl)c1OC. The Bertz CT molecular complexity index is 584. The summed E-state index contributed by atoms with van der Waals surface area (Å²) in [7, 11) is 3.05. The Hall–Kier alpha value is -1.79. The molecule has 0 aliphatic carbocycles. The van der Waals surface area contributed by atoms with Gasteiger partial charge >= 0.3 is 0 Å². The van der Waals surface area contributed by atoms with Crippen LogP contribution in [-0.4, -0.2) is 24.4 Å². The summed E-state index contributed by atoms with van der Waals surface area (Å²) in [6.45, 7) is 1.76. The van der Waals surface area contributed by atoms with Gasteiger partial charge in [-0.1, -0.05) is 16.8 Å². The van der Waals surface area contributed by atoms with Crippen molar-refractivity contribution in [2.45, 2.75) is 13.0 Å². The van der Waals surface area contributed by atoms with Crippen LogP contribution >= 0.6 is 11.6 Å². The summed E-state index contributed by atoms with van der Waals surface area (Å²) in [6, 6.07) is 3.08. The number of aromatic nitrogens is 2. The number of rotatable bonds is 4. The van der Waals surface area contributed by atoms with Gasteiger partial charge in [-0.3, -0.25) is 0 Å². The van der Waals surface area contributed by atoms with Crippen LogP contribution in [0.2, 0.25) is 5.02 Å². The summed E-state index contributed by atoms with van der Waals surface area (Å²) in [4.78, 5) is 4.19. The average molecular weight is 284 g/mol. The molecule has 2 N–H and O–H groups in total. The number of benzene rings is 1. The van der Waals surface area contributed by atoms with Gasteiger partial charge in [-0.25, -0.2) is 0 Å². The highest BCUT2D eigenvalue weighted by Crippen LogP contribution is 2.38. The van der Waals surface area contributed by atoms with Gasteiger partial charge < -0.3 is 19.7 Å². The summed E-state index contributed by atoms with van der Waals surface area (Å²) in [6.07, 6.45) is 0. The first kappa shape index (κ1) is 13.6. The van der Waals surface area contributed by atoms with Crippen molar-refractivity contribution in [3.05, 3.63) is 23.0 Å². The van der Waals surface area contributed by atoms with Crippen molar-refractivity contribution in [3.63, 3.8) is 0 Å². The lowest BCUT2D eigenvalue weighted by molar-refractivity contribution is 0.355. The molecule has 0 aliphatic rings. The lowest BCUT2D eigenvalue weighted by Crippen LogP contribution is -2.04. The molecular formula is C12H14ClN3O3. The summed E-state index contributed by atoms with van der Waals surface area (Å²) >= 11 is 6.12. The summed E-state index contributed by atoms with van der Waals surface area (Å²) in [5.74, 6) is 1.72. The van der Waals surface area contributed by atoms with Gasteiger partial charge in [0.05, 0.1) is 25.3 Å². The Morgan fingerprint density at radius 1 is 1.32 bits per heavy atom. The van der Waals surface area contributed by atoms with E-state index in [1.807, 2.05) is 0 Å². The first-order valence-corrected chi connectivity index (χ1v) is 5.95. The Kier molecular flexibility index (Phi) is 3.92. The topological polar surface area (TPSA) is 83.4 Å². The van der Waals surface area contributed by atoms with E-state index in [1.165, 1.54) is 14.2 Å². The summed E-state index contributed by atoms with van der Waals surface area (Å²) in [5.41, 5.74) is 6.33. The largest absolute Gasteiger partial charge is 0.493 e. The highest BCUT2D eigenvalue weighted by molar-refractivity contribution is 6.32. The number of halogens is 1. The third kappa shape index (κ3) is 2.64. The number of hydrogen-bond acceptors (Lipinski definition) is 6. The predicted molar refractivity (Wildman–Crippen MR) is 70.5 cm³/mol. The van der Waals surface area contributed by atoms with Gasteiger partial charge in [0, 0.05) is 5.56 Å². The lowest BCUT2D eigenvalue weighted by atomic mass is 10.2. The Labute approximate surface area is 115 Å². The zero-order chi connectivity index (χ0) is 14.0. The van der Waals surface area contributed by atoms with Crippen molar-refractivity contribution in [2.75, 3.05) is 14.2 Å². The second-order valence-corrected chi connectivity index (χ2v) is 4.35. The molecule has 0 unspecified atom stereocenters. The minimum atomic E-state index is -0.322. The van der Waals surface area contributed by atoms with E-state index < -0.39 is 0 Å². The molecule has 0 saturated heterocycles. The third-order valence-electron chi connectivity index (χ3n) is 2.52. The zero-order valence-electron chi connectivity index (χ0n) is 10.8.